The van der Waals surface area contributed by atoms with Crippen molar-refractivity contribution in [1.29, 1.82) is 0 Å². The molecule has 3 aliphatic heterocycles. The minimum absolute atomic E-state index is 0.00170. The van der Waals surface area contributed by atoms with Gasteiger partial charge in [0.05, 0.1) is 16.6 Å². The number of hydrogen-bond acceptors (Lipinski definition) is 3. The van der Waals surface area contributed by atoms with Crippen LogP contribution < -0.4 is 14.7 Å². The summed E-state index contributed by atoms with van der Waals surface area (Å²) in [5.41, 5.74) is 29.9. The summed E-state index contributed by atoms with van der Waals surface area (Å²) in [6, 6.07) is 110. The van der Waals surface area contributed by atoms with Gasteiger partial charge in [-0.1, -0.05) is 259 Å². The molecule has 0 bridgehead atoms. The summed E-state index contributed by atoms with van der Waals surface area (Å²) in [4.78, 5) is 8.06. The van der Waals surface area contributed by atoms with Crippen molar-refractivity contribution in [3.05, 3.63) is 302 Å². The molecule has 20 rings (SSSR count). The predicted octanol–water partition coefficient (Wildman–Crippen LogP) is 27.5. The molecule has 6 aliphatic rings. The van der Waals surface area contributed by atoms with Crippen LogP contribution in [0.5, 0.6) is 0 Å². The number of fused-ring (bicyclic) bond motifs is 9. The molecule has 0 spiro atoms. The first kappa shape index (κ1) is 62.3. The standard InChI is InChI=1S/C100H89N3/c1-95-55-19-22-58-98(95,4)101(76-27-13-8-14-28-76)90-52-45-73(61-87(90)95)66-33-39-70(40-34-66)84-64-83(69-25-11-7-12-26-69)79-48-49-81-85(71-41-35-67(36-42-71)74-46-53-91-88(62-74)96(2)56-20-23-59-99(96,5)102(91)77-29-15-9-16-30-77)65-86(82-51-50-80(84)93(79)94(81)82)72-43-37-68(38-44-72)75-47-54-92-89(63-75)97(3)57-21-24-60-100(97,6)103(92)78-31-17-10-18-32-78/h7-18,25-54,61-65H,19-24,55-60H2,1-6H3. The number of rotatable bonds is 10. The molecule has 6 atom stereocenters. The van der Waals surface area contributed by atoms with Crippen LogP contribution in [-0.4, -0.2) is 16.6 Å². The third-order valence-electron chi connectivity index (χ3n) is 27.9. The van der Waals surface area contributed by atoms with Gasteiger partial charge in [0.15, 0.2) is 0 Å². The third kappa shape index (κ3) is 8.93. The number of hydrogen-bond donors (Lipinski definition) is 0. The lowest BCUT2D eigenvalue weighted by atomic mass is 9.61. The van der Waals surface area contributed by atoms with Gasteiger partial charge in [-0.3, -0.25) is 0 Å². The summed E-state index contributed by atoms with van der Waals surface area (Å²) in [6.45, 7) is 15.3. The molecule has 0 N–H and O–H groups in total. The summed E-state index contributed by atoms with van der Waals surface area (Å²) in [5, 5.41) is 7.71. The molecule has 3 aliphatic carbocycles. The normalized spacial score (nSPS) is 23.9. The molecule has 6 unspecified atom stereocenters. The molecule has 0 aromatic heterocycles. The lowest BCUT2D eigenvalue weighted by Gasteiger charge is -2.50. The quantitative estimate of drug-likeness (QED) is 0.126. The summed E-state index contributed by atoms with van der Waals surface area (Å²) < 4.78 is 0. The van der Waals surface area contributed by atoms with Gasteiger partial charge in [-0.05, 0) is 271 Å². The van der Waals surface area contributed by atoms with E-state index in [1.54, 1.807) is 0 Å². The molecule has 0 saturated heterocycles. The summed E-state index contributed by atoms with van der Waals surface area (Å²) >= 11 is 0. The van der Waals surface area contributed by atoms with Crippen molar-refractivity contribution >= 4 is 66.4 Å². The van der Waals surface area contributed by atoms with Crippen molar-refractivity contribution in [2.45, 2.75) is 151 Å². The third-order valence-corrected chi connectivity index (χ3v) is 27.9. The van der Waals surface area contributed by atoms with Crippen LogP contribution in [0.2, 0.25) is 0 Å². The van der Waals surface area contributed by atoms with E-state index < -0.39 is 0 Å². The van der Waals surface area contributed by atoms with Gasteiger partial charge in [0.1, 0.15) is 0 Å². The summed E-state index contributed by atoms with van der Waals surface area (Å²) in [6.07, 6.45) is 14.6. The SMILES string of the molecule is CC12CCCCC1(C)N(c1ccccc1)c1ccc(-c3ccc(-c4cc(-c5ccccc5)c5ccc6c(-c7ccc(-c8ccc9c(c8)C8(C)CCCCC8(C)N9c8ccccc8)cc7)cc(-c7ccc(-c8ccc9c(c8)C8(C)CCCCC8(C)N9c8ccccc8)cc7)c7ccc4c5c67)cc3)cc12. The van der Waals surface area contributed by atoms with Crippen LogP contribution in [0.15, 0.2) is 285 Å². The average Bonchev–Trinajstić information content (AvgIpc) is 1.59. The Morgan fingerprint density at radius 3 is 0.728 bits per heavy atom. The van der Waals surface area contributed by atoms with Gasteiger partial charge < -0.3 is 14.7 Å². The van der Waals surface area contributed by atoms with Gasteiger partial charge in [-0.25, -0.2) is 0 Å². The van der Waals surface area contributed by atoms with Crippen LogP contribution >= 0.6 is 0 Å². The van der Waals surface area contributed by atoms with Gasteiger partial charge in [-0.2, -0.15) is 0 Å². The van der Waals surface area contributed by atoms with E-state index in [1.165, 1.54) is 238 Å². The van der Waals surface area contributed by atoms with E-state index in [1.807, 2.05) is 0 Å². The van der Waals surface area contributed by atoms with Crippen LogP contribution in [0.25, 0.3) is 110 Å². The topological polar surface area (TPSA) is 9.72 Å². The number of para-hydroxylation sites is 3. The largest absolute Gasteiger partial charge is 0.334 e. The Kier molecular flexibility index (Phi) is 13.9. The number of anilines is 6. The molecule has 3 heteroatoms. The molecule has 3 saturated carbocycles. The Morgan fingerprint density at radius 2 is 0.447 bits per heavy atom. The highest BCUT2D eigenvalue weighted by molar-refractivity contribution is 6.32. The monoisotopic (exact) mass is 1330 g/mol. The van der Waals surface area contributed by atoms with E-state index in [-0.39, 0.29) is 32.9 Å². The molecule has 504 valence electrons. The minimum atomic E-state index is -0.00725. The van der Waals surface area contributed by atoms with E-state index in [0.29, 0.717) is 0 Å². The van der Waals surface area contributed by atoms with Crippen LogP contribution in [-0.2, 0) is 16.2 Å². The van der Waals surface area contributed by atoms with Gasteiger partial charge in [0.25, 0.3) is 0 Å². The Bertz CT molecular complexity index is 5480. The molecular formula is C100H89N3. The zero-order valence-corrected chi connectivity index (χ0v) is 60.5. The Hall–Kier alpha value is -10.5. The lowest BCUT2D eigenvalue weighted by molar-refractivity contribution is 0.195. The Morgan fingerprint density at radius 1 is 0.214 bits per heavy atom. The van der Waals surface area contributed by atoms with Crippen molar-refractivity contribution in [2.75, 3.05) is 14.7 Å². The highest BCUT2D eigenvalue weighted by Gasteiger charge is 2.60. The lowest BCUT2D eigenvalue weighted by Crippen LogP contribution is -2.54. The number of benzene rings is 14. The van der Waals surface area contributed by atoms with Crippen LogP contribution in [0, 0.1) is 0 Å². The zero-order chi connectivity index (χ0) is 69.2. The molecule has 3 heterocycles. The Labute approximate surface area is 608 Å². The van der Waals surface area contributed by atoms with Crippen molar-refractivity contribution in [3.8, 4) is 77.9 Å². The summed E-state index contributed by atoms with van der Waals surface area (Å²) in [5.74, 6) is 0. The first-order chi connectivity index (χ1) is 50.3. The molecule has 14 aromatic carbocycles. The molecule has 0 amide bonds. The van der Waals surface area contributed by atoms with E-state index in [4.69, 9.17) is 0 Å². The number of nitrogens with zero attached hydrogens (tertiary/aromatic N) is 3. The second kappa shape index (κ2) is 23.0. The fourth-order valence-electron chi connectivity index (χ4n) is 21.8. The molecule has 103 heavy (non-hydrogen) atoms. The van der Waals surface area contributed by atoms with Crippen molar-refractivity contribution in [1.82, 2.24) is 0 Å². The molecule has 3 fully saturated rings. The van der Waals surface area contributed by atoms with E-state index >= 15 is 0 Å². The molecule has 14 aromatic rings. The highest BCUT2D eigenvalue weighted by Crippen LogP contribution is 2.65. The van der Waals surface area contributed by atoms with Gasteiger partial charge >= 0.3 is 0 Å². The van der Waals surface area contributed by atoms with Crippen molar-refractivity contribution < 1.29 is 0 Å². The molecule has 3 nitrogen and oxygen atoms in total. The second-order valence-electron chi connectivity index (χ2n) is 32.8. The van der Waals surface area contributed by atoms with Gasteiger partial charge in [-0.15, -0.1) is 0 Å². The van der Waals surface area contributed by atoms with E-state index in [2.05, 4.69) is 341 Å². The zero-order valence-electron chi connectivity index (χ0n) is 60.5. The predicted molar refractivity (Wildman–Crippen MR) is 437 cm³/mol. The maximum atomic E-state index is 2.69. The first-order valence-corrected chi connectivity index (χ1v) is 38.4. The maximum absolute atomic E-state index is 2.69. The van der Waals surface area contributed by atoms with Crippen LogP contribution in [0.3, 0.4) is 0 Å². The van der Waals surface area contributed by atoms with Crippen LogP contribution in [0.4, 0.5) is 34.1 Å². The minimum Gasteiger partial charge on any atom is -0.334 e. The van der Waals surface area contributed by atoms with E-state index in [9.17, 15) is 0 Å². The molecular weight excluding hydrogens is 1240 g/mol. The van der Waals surface area contributed by atoms with Crippen molar-refractivity contribution in [2.24, 2.45) is 0 Å². The highest BCUT2D eigenvalue weighted by atomic mass is 15.3. The molecule has 0 radical (unpaired) electrons. The van der Waals surface area contributed by atoms with Crippen molar-refractivity contribution in [3.63, 3.8) is 0 Å². The first-order valence-electron chi connectivity index (χ1n) is 38.4. The van der Waals surface area contributed by atoms with Gasteiger partial charge in [0, 0.05) is 50.4 Å². The smallest absolute Gasteiger partial charge is 0.0517 e. The fourth-order valence-corrected chi connectivity index (χ4v) is 21.8. The Balaban J connectivity index is 0.733. The average molecular weight is 1330 g/mol. The summed E-state index contributed by atoms with van der Waals surface area (Å²) in [7, 11) is 0. The van der Waals surface area contributed by atoms with Gasteiger partial charge in [0.2, 0.25) is 0 Å². The second-order valence-corrected chi connectivity index (χ2v) is 32.8. The van der Waals surface area contributed by atoms with Crippen LogP contribution in [0.1, 0.15) is 135 Å². The maximum Gasteiger partial charge on any atom is 0.0517 e. The fraction of sp³-hybridized carbons (Fsp3) is 0.240. The van der Waals surface area contributed by atoms with E-state index in [0.717, 1.165) is 0 Å².